The van der Waals surface area contributed by atoms with E-state index >= 15 is 0 Å². The monoisotopic (exact) mass is 591 g/mol. The van der Waals surface area contributed by atoms with Crippen molar-refractivity contribution in [2.45, 2.75) is 31.9 Å². The summed E-state index contributed by atoms with van der Waals surface area (Å²) in [6.07, 6.45) is 3.84. The Labute approximate surface area is 264 Å². The van der Waals surface area contributed by atoms with Gasteiger partial charge in [0.25, 0.3) is 0 Å². The smallest absolute Gasteiger partial charge is 0.221 e. The minimum absolute atomic E-state index is 0.111. The van der Waals surface area contributed by atoms with Crippen LogP contribution in [0.4, 0.5) is 5.69 Å². The summed E-state index contributed by atoms with van der Waals surface area (Å²) in [6, 6.07) is 47.0. The van der Waals surface area contributed by atoms with Crippen LogP contribution in [0.1, 0.15) is 48.7 Å². The molecule has 1 atom stereocenters. The number of hydrogen-bond acceptors (Lipinski definition) is 3. The molecule has 0 aliphatic carbocycles. The Morgan fingerprint density at radius 1 is 0.689 bits per heavy atom. The Morgan fingerprint density at radius 2 is 1.22 bits per heavy atom. The topological polar surface area (TPSA) is 67.2 Å². The van der Waals surface area contributed by atoms with Crippen LogP contribution in [0.3, 0.4) is 0 Å². The van der Waals surface area contributed by atoms with E-state index in [0.717, 1.165) is 39.1 Å². The molecule has 0 fully saturated rings. The van der Waals surface area contributed by atoms with E-state index < -0.39 is 11.1 Å². The number of benzene rings is 5. The standard InChI is InChI=1S/C40H37N3O2/c1-29(2)40(45,36-24-22-31(23-25-36)32-14-13-21-37(26-32)42-30(3)44)38-27-43(28-41-38)39(33-15-7-4-8-16-33,34-17-9-5-10-18-34)35-19-11-6-12-20-35/h4-29,45H,1-3H3,(H,42,44). The molecule has 1 heterocycles. The summed E-state index contributed by atoms with van der Waals surface area (Å²) in [7, 11) is 0. The highest BCUT2D eigenvalue weighted by Gasteiger charge is 2.42. The molecule has 0 bridgehead atoms. The third-order valence-corrected chi connectivity index (χ3v) is 8.61. The first-order valence-electron chi connectivity index (χ1n) is 15.3. The summed E-state index contributed by atoms with van der Waals surface area (Å²) >= 11 is 0. The molecular formula is C40H37N3O2. The van der Waals surface area contributed by atoms with Gasteiger partial charge in [-0.3, -0.25) is 4.79 Å². The summed E-state index contributed by atoms with van der Waals surface area (Å²) in [5, 5.41) is 15.4. The first-order valence-corrected chi connectivity index (χ1v) is 15.3. The van der Waals surface area contributed by atoms with Crippen LogP contribution >= 0.6 is 0 Å². The highest BCUT2D eigenvalue weighted by Crippen LogP contribution is 2.43. The van der Waals surface area contributed by atoms with Gasteiger partial charge in [-0.15, -0.1) is 0 Å². The molecule has 5 aromatic carbocycles. The van der Waals surface area contributed by atoms with Crippen LogP contribution in [-0.2, 0) is 15.9 Å². The number of carbonyl (C=O) groups is 1. The van der Waals surface area contributed by atoms with Crippen molar-refractivity contribution in [1.29, 1.82) is 0 Å². The highest BCUT2D eigenvalue weighted by atomic mass is 16.3. The molecule has 0 aliphatic heterocycles. The lowest BCUT2D eigenvalue weighted by Gasteiger charge is -2.37. The maximum atomic E-state index is 12.5. The molecule has 1 unspecified atom stereocenters. The van der Waals surface area contributed by atoms with E-state index in [-0.39, 0.29) is 11.8 Å². The number of hydrogen-bond donors (Lipinski definition) is 2. The third kappa shape index (κ3) is 5.47. The van der Waals surface area contributed by atoms with E-state index in [4.69, 9.17) is 4.98 Å². The van der Waals surface area contributed by atoms with Gasteiger partial charge in [-0.1, -0.05) is 141 Å². The Kier molecular flexibility index (Phi) is 8.20. The molecule has 0 aliphatic rings. The summed E-state index contributed by atoms with van der Waals surface area (Å²) in [4.78, 5) is 16.5. The molecule has 0 radical (unpaired) electrons. The summed E-state index contributed by atoms with van der Waals surface area (Å²) in [5.74, 6) is -0.283. The number of aliphatic hydroxyl groups is 1. The summed E-state index contributed by atoms with van der Waals surface area (Å²) in [6.45, 7) is 5.53. The number of nitrogens with zero attached hydrogens (tertiary/aromatic N) is 2. The lowest BCUT2D eigenvalue weighted by Crippen LogP contribution is -2.37. The third-order valence-electron chi connectivity index (χ3n) is 8.61. The van der Waals surface area contributed by atoms with Crippen molar-refractivity contribution < 1.29 is 9.90 Å². The fraction of sp³-hybridized carbons (Fsp3) is 0.150. The summed E-state index contributed by atoms with van der Waals surface area (Å²) in [5.41, 5.74) is 5.22. The molecule has 0 saturated carbocycles. The van der Waals surface area contributed by atoms with E-state index in [1.54, 1.807) is 0 Å². The molecule has 2 N–H and O–H groups in total. The first kappa shape index (κ1) is 29.8. The molecule has 0 spiro atoms. The molecule has 1 amide bonds. The molecule has 1 aromatic heterocycles. The molecular weight excluding hydrogens is 554 g/mol. The number of aromatic nitrogens is 2. The van der Waals surface area contributed by atoms with Crippen molar-refractivity contribution in [2.75, 3.05) is 5.32 Å². The second kappa shape index (κ2) is 12.4. The zero-order valence-corrected chi connectivity index (χ0v) is 25.8. The van der Waals surface area contributed by atoms with Gasteiger partial charge in [0.2, 0.25) is 5.91 Å². The largest absolute Gasteiger partial charge is 0.378 e. The van der Waals surface area contributed by atoms with Gasteiger partial charge in [-0.2, -0.15) is 0 Å². The summed E-state index contributed by atoms with van der Waals surface area (Å²) < 4.78 is 2.14. The van der Waals surface area contributed by atoms with Gasteiger partial charge in [-0.05, 0) is 51.4 Å². The van der Waals surface area contributed by atoms with Gasteiger partial charge in [0.15, 0.2) is 0 Å². The average molecular weight is 592 g/mol. The van der Waals surface area contributed by atoms with Crippen molar-refractivity contribution in [3.63, 3.8) is 0 Å². The van der Waals surface area contributed by atoms with Crippen LogP contribution in [0.2, 0.25) is 0 Å². The fourth-order valence-electron chi connectivity index (χ4n) is 6.36. The van der Waals surface area contributed by atoms with E-state index in [2.05, 4.69) is 82.7 Å². The minimum atomic E-state index is -1.35. The average Bonchev–Trinajstić information content (AvgIpc) is 3.57. The van der Waals surface area contributed by atoms with Crippen LogP contribution in [0.5, 0.6) is 0 Å². The minimum Gasteiger partial charge on any atom is -0.378 e. The molecule has 5 heteroatoms. The van der Waals surface area contributed by atoms with E-state index in [0.29, 0.717) is 5.69 Å². The SMILES string of the molecule is CC(=O)Nc1cccc(-c2ccc(C(O)(c3cn(C(c4ccccc4)(c4ccccc4)c4ccccc4)cn3)C(C)C)cc2)c1. The number of carbonyl (C=O) groups excluding carboxylic acids is 1. The van der Waals surface area contributed by atoms with Gasteiger partial charge >= 0.3 is 0 Å². The number of imidazole rings is 1. The second-order valence-electron chi connectivity index (χ2n) is 11.7. The van der Waals surface area contributed by atoms with Crippen molar-refractivity contribution in [2.24, 2.45) is 5.92 Å². The van der Waals surface area contributed by atoms with Crippen LogP contribution in [-0.4, -0.2) is 20.6 Å². The van der Waals surface area contributed by atoms with Crippen molar-refractivity contribution in [3.05, 3.63) is 180 Å². The van der Waals surface area contributed by atoms with E-state index in [1.807, 2.05) is 93.1 Å². The molecule has 224 valence electrons. The Hall–Kier alpha value is -5.26. The molecule has 6 aromatic rings. The highest BCUT2D eigenvalue weighted by molar-refractivity contribution is 5.89. The van der Waals surface area contributed by atoms with Crippen LogP contribution in [0.15, 0.2) is 152 Å². The maximum absolute atomic E-state index is 12.5. The van der Waals surface area contributed by atoms with Crippen molar-refractivity contribution in [3.8, 4) is 11.1 Å². The quantitative estimate of drug-likeness (QED) is 0.166. The van der Waals surface area contributed by atoms with Gasteiger partial charge in [0.1, 0.15) is 11.1 Å². The van der Waals surface area contributed by atoms with Gasteiger partial charge in [-0.25, -0.2) is 4.98 Å². The van der Waals surface area contributed by atoms with Crippen LogP contribution in [0, 0.1) is 5.92 Å². The predicted molar refractivity (Wildman–Crippen MR) is 181 cm³/mol. The molecule has 45 heavy (non-hydrogen) atoms. The second-order valence-corrected chi connectivity index (χ2v) is 11.7. The number of rotatable bonds is 9. The molecule has 6 rings (SSSR count). The number of amides is 1. The first-order chi connectivity index (χ1) is 21.8. The van der Waals surface area contributed by atoms with Crippen molar-refractivity contribution in [1.82, 2.24) is 9.55 Å². The lowest BCUT2D eigenvalue weighted by molar-refractivity contribution is -0.114. The Morgan fingerprint density at radius 3 is 1.71 bits per heavy atom. The van der Waals surface area contributed by atoms with E-state index in [9.17, 15) is 9.90 Å². The van der Waals surface area contributed by atoms with Crippen LogP contribution < -0.4 is 5.32 Å². The number of nitrogens with one attached hydrogen (secondary N) is 1. The Balaban J connectivity index is 1.47. The molecule has 0 saturated heterocycles. The maximum Gasteiger partial charge on any atom is 0.221 e. The lowest BCUT2D eigenvalue weighted by atomic mass is 9.76. The van der Waals surface area contributed by atoms with E-state index in [1.165, 1.54) is 6.92 Å². The zero-order valence-electron chi connectivity index (χ0n) is 25.8. The molecule has 5 nitrogen and oxygen atoms in total. The van der Waals surface area contributed by atoms with Gasteiger partial charge < -0.3 is 15.0 Å². The fourth-order valence-corrected chi connectivity index (χ4v) is 6.36. The predicted octanol–water partition coefficient (Wildman–Crippen LogP) is 8.24. The number of anilines is 1. The normalized spacial score (nSPS) is 12.9. The van der Waals surface area contributed by atoms with Crippen LogP contribution in [0.25, 0.3) is 11.1 Å². The Bertz CT molecular complexity index is 1780. The van der Waals surface area contributed by atoms with Crippen molar-refractivity contribution >= 4 is 11.6 Å². The van der Waals surface area contributed by atoms with Gasteiger partial charge in [0.05, 0.1) is 12.0 Å². The van der Waals surface area contributed by atoms with Gasteiger partial charge in [0, 0.05) is 18.8 Å². The zero-order chi connectivity index (χ0) is 31.4.